The van der Waals surface area contributed by atoms with Crippen molar-refractivity contribution in [3.63, 3.8) is 0 Å². The van der Waals surface area contributed by atoms with Crippen molar-refractivity contribution in [1.29, 1.82) is 0 Å². The molecule has 0 aromatic carbocycles. The molecule has 174 valence electrons. The molecule has 0 aromatic rings. The van der Waals surface area contributed by atoms with Crippen LogP contribution in [0.15, 0.2) is 0 Å². The van der Waals surface area contributed by atoms with Gasteiger partial charge in [-0.05, 0) is 38.5 Å². The fourth-order valence-electron chi connectivity index (χ4n) is 4.53. The highest BCUT2D eigenvalue weighted by molar-refractivity contribution is 7.38. The lowest BCUT2D eigenvalue weighted by atomic mass is 9.88. The second-order valence-corrected chi connectivity index (χ2v) is 10.9. The molecular weight excluding hydrogens is 375 g/mol. The monoisotopic (exact) mass is 428 g/mol. The summed E-state index contributed by atoms with van der Waals surface area (Å²) < 4.78 is 12.4. The molecule has 0 saturated carbocycles. The molecule has 2 nitrogen and oxygen atoms in total. The van der Waals surface area contributed by atoms with Crippen LogP contribution < -0.4 is 4.89 Å². The van der Waals surface area contributed by atoms with Gasteiger partial charge in [0.25, 0.3) is 0 Å². The van der Waals surface area contributed by atoms with Crippen molar-refractivity contribution in [1.82, 2.24) is 0 Å². The van der Waals surface area contributed by atoms with Crippen molar-refractivity contribution < 1.29 is 9.46 Å². The van der Waals surface area contributed by atoms with E-state index in [1.54, 1.807) is 0 Å². The molecule has 0 fully saturated rings. The molecule has 0 rings (SSSR count). The van der Waals surface area contributed by atoms with Gasteiger partial charge in [0, 0.05) is 0 Å². The fourth-order valence-corrected chi connectivity index (χ4v) is 5.55. The summed E-state index contributed by atoms with van der Waals surface area (Å²) in [5.41, 5.74) is 0. The van der Waals surface area contributed by atoms with E-state index in [1.165, 1.54) is 103 Å². The molecule has 0 amide bonds. The van der Waals surface area contributed by atoms with Crippen molar-refractivity contribution in [2.45, 2.75) is 167 Å². The van der Waals surface area contributed by atoms with Crippen LogP contribution in [0.4, 0.5) is 0 Å². The van der Waals surface area contributed by atoms with Gasteiger partial charge in [0.2, 0.25) is 0 Å². The molecule has 0 aliphatic carbocycles. The molecule has 29 heavy (non-hydrogen) atoms. The van der Waals surface area contributed by atoms with Crippen molar-refractivity contribution in [2.24, 2.45) is 0 Å². The predicted molar refractivity (Wildman–Crippen MR) is 129 cm³/mol. The fraction of sp³-hybridized carbons (Fsp3) is 1.00. The smallest absolute Gasteiger partial charge is 0.315 e. The van der Waals surface area contributed by atoms with Crippen LogP contribution in [-0.4, -0.2) is 5.16 Å². The maximum Gasteiger partial charge on any atom is 0.315 e. The summed E-state index contributed by atoms with van der Waals surface area (Å²) in [6.45, 7) is 6.75. The van der Waals surface area contributed by atoms with E-state index in [4.69, 9.17) is 0 Å². The lowest BCUT2D eigenvalue weighted by Gasteiger charge is -2.26. The van der Waals surface area contributed by atoms with Crippen LogP contribution in [-0.2, 0) is 4.57 Å². The maximum absolute atomic E-state index is 12.4. The highest BCUT2D eigenvalue weighted by Gasteiger charge is 2.41. The van der Waals surface area contributed by atoms with Crippen molar-refractivity contribution in [3.05, 3.63) is 0 Å². The first-order chi connectivity index (χ1) is 14.1. The van der Waals surface area contributed by atoms with E-state index in [0.717, 1.165) is 38.5 Å². The Morgan fingerprint density at radius 2 is 0.724 bits per heavy atom. The molecule has 0 spiro atoms. The first kappa shape index (κ1) is 29.1. The largest absolute Gasteiger partial charge is 0.595 e. The minimum atomic E-state index is -2.33. The molecule has 0 bridgehead atoms. The second kappa shape index (κ2) is 21.3. The Morgan fingerprint density at radius 3 is 0.966 bits per heavy atom. The van der Waals surface area contributed by atoms with Crippen molar-refractivity contribution >= 4 is 8.03 Å². The van der Waals surface area contributed by atoms with Crippen LogP contribution in [0.3, 0.4) is 0 Å². The lowest BCUT2D eigenvalue weighted by Crippen LogP contribution is -2.28. The summed E-state index contributed by atoms with van der Waals surface area (Å²) in [4.78, 5) is 12.4. The lowest BCUT2D eigenvalue weighted by molar-refractivity contribution is -0.170. The first-order valence-electron chi connectivity index (χ1n) is 13.3. The van der Waals surface area contributed by atoms with Crippen LogP contribution in [0, 0.1) is 0 Å². The molecule has 0 aliphatic rings. The number of hydrogen-bond donors (Lipinski definition) is 0. The first-order valence-corrected chi connectivity index (χ1v) is 14.4. The van der Waals surface area contributed by atoms with E-state index in [1.807, 2.05) is 0 Å². The molecule has 0 N–H and O–H groups in total. The van der Waals surface area contributed by atoms with Crippen LogP contribution in [0.1, 0.15) is 162 Å². The molecule has 1 unspecified atom stereocenters. The van der Waals surface area contributed by atoms with Crippen molar-refractivity contribution in [2.75, 3.05) is 0 Å². The zero-order valence-electron chi connectivity index (χ0n) is 20.3. The van der Waals surface area contributed by atoms with Gasteiger partial charge < -0.3 is 4.89 Å². The Bertz CT molecular complexity index is 341. The van der Waals surface area contributed by atoms with Gasteiger partial charge in [-0.3, -0.25) is 0 Å². The summed E-state index contributed by atoms with van der Waals surface area (Å²) in [6, 6.07) is 0. The van der Waals surface area contributed by atoms with E-state index in [0.29, 0.717) is 0 Å². The van der Waals surface area contributed by atoms with Crippen LogP contribution in [0.5, 0.6) is 0 Å². The van der Waals surface area contributed by atoms with Gasteiger partial charge in [-0.25, -0.2) is 0 Å². The van der Waals surface area contributed by atoms with Gasteiger partial charge >= 0.3 is 8.03 Å². The standard InChI is InChI=1S/C26H53O2P/c1-4-7-10-13-16-19-22-25-26(29(27)28,23-20-17-14-11-8-5-2)24-21-18-15-12-9-6-3/h4-25H2,1-3H3. The molecule has 0 aliphatic heterocycles. The van der Waals surface area contributed by atoms with E-state index < -0.39 is 13.2 Å². The molecule has 1 atom stereocenters. The third-order valence-electron chi connectivity index (χ3n) is 6.62. The number of hydrogen-bond acceptors (Lipinski definition) is 2. The second-order valence-electron chi connectivity index (χ2n) is 9.39. The van der Waals surface area contributed by atoms with E-state index >= 15 is 0 Å². The summed E-state index contributed by atoms with van der Waals surface area (Å²) in [6.07, 6.45) is 26.5. The summed E-state index contributed by atoms with van der Waals surface area (Å²) in [5.74, 6) is 0. The Morgan fingerprint density at radius 1 is 0.483 bits per heavy atom. The van der Waals surface area contributed by atoms with E-state index in [2.05, 4.69) is 20.8 Å². The van der Waals surface area contributed by atoms with Crippen LogP contribution in [0.25, 0.3) is 0 Å². The van der Waals surface area contributed by atoms with Gasteiger partial charge in [0.1, 0.15) is 0 Å². The molecule has 0 saturated heterocycles. The van der Waals surface area contributed by atoms with E-state index in [9.17, 15) is 9.46 Å². The molecular formula is C26H53O2P. The molecule has 3 heteroatoms. The van der Waals surface area contributed by atoms with Gasteiger partial charge in [-0.1, -0.05) is 128 Å². The van der Waals surface area contributed by atoms with Gasteiger partial charge in [0.15, 0.2) is 5.16 Å². The highest BCUT2D eigenvalue weighted by Crippen LogP contribution is 2.45. The SMILES string of the molecule is CCCCCCCCCC(CCCCCCCC)(CCCCCCCC)[P+](=O)[O-]. The van der Waals surface area contributed by atoms with Gasteiger partial charge in [0.05, 0.1) is 0 Å². The average Bonchev–Trinajstić information content (AvgIpc) is 2.71. The van der Waals surface area contributed by atoms with Gasteiger partial charge in [-0.15, -0.1) is 0 Å². The zero-order valence-corrected chi connectivity index (χ0v) is 21.2. The Balaban J connectivity index is 4.46. The minimum Gasteiger partial charge on any atom is -0.595 e. The molecule has 0 heterocycles. The van der Waals surface area contributed by atoms with Crippen molar-refractivity contribution in [3.8, 4) is 0 Å². The zero-order chi connectivity index (χ0) is 21.6. The number of rotatable bonds is 23. The summed E-state index contributed by atoms with van der Waals surface area (Å²) >= 11 is 0. The minimum absolute atomic E-state index is 0.408. The van der Waals surface area contributed by atoms with Gasteiger partial charge in [-0.2, -0.15) is 0 Å². The normalized spacial score (nSPS) is 12.5. The topological polar surface area (TPSA) is 40.1 Å². The quantitative estimate of drug-likeness (QED) is 0.120. The molecule has 0 radical (unpaired) electrons. The third-order valence-corrected chi connectivity index (χ3v) is 8.07. The Kier molecular flexibility index (Phi) is 21.3. The number of unbranched alkanes of at least 4 members (excludes halogenated alkanes) is 16. The third kappa shape index (κ3) is 16.4. The van der Waals surface area contributed by atoms with Crippen LogP contribution >= 0.6 is 8.03 Å². The summed E-state index contributed by atoms with van der Waals surface area (Å²) in [7, 11) is -2.33. The van der Waals surface area contributed by atoms with Crippen LogP contribution in [0.2, 0.25) is 0 Å². The maximum atomic E-state index is 12.4. The molecule has 0 aromatic heterocycles. The average molecular weight is 429 g/mol. The Labute approximate surface area is 184 Å². The van der Waals surface area contributed by atoms with E-state index in [-0.39, 0.29) is 0 Å². The highest BCUT2D eigenvalue weighted by atomic mass is 31.1. The summed E-state index contributed by atoms with van der Waals surface area (Å²) in [5, 5.41) is -0.408. The Hall–Kier alpha value is 0.0600. The predicted octanol–water partition coefficient (Wildman–Crippen LogP) is 9.47.